The average molecular weight is 297 g/mol. The van der Waals surface area contributed by atoms with E-state index >= 15 is 0 Å². The van der Waals surface area contributed by atoms with Gasteiger partial charge in [-0.05, 0) is 36.2 Å². The molecule has 2 aromatic heterocycles. The first-order valence-electron chi connectivity index (χ1n) is 6.95. The summed E-state index contributed by atoms with van der Waals surface area (Å²) >= 11 is 0. The number of hydrogen-bond donors (Lipinski definition) is 1. The van der Waals surface area contributed by atoms with Gasteiger partial charge in [0.25, 0.3) is 5.56 Å². The van der Waals surface area contributed by atoms with Crippen molar-refractivity contribution in [1.29, 1.82) is 0 Å². The lowest BCUT2D eigenvalue weighted by atomic mass is 10.0. The lowest BCUT2D eigenvalue weighted by Crippen LogP contribution is -2.19. The number of aromatic nitrogens is 2. The number of benzene rings is 1. The molecular formula is C17H16FN3O. The summed E-state index contributed by atoms with van der Waals surface area (Å²) in [6.07, 6.45) is 1.73. The number of hydrogen-bond acceptors (Lipinski definition) is 3. The maximum absolute atomic E-state index is 13.3. The Morgan fingerprint density at radius 3 is 2.64 bits per heavy atom. The number of fused-ring (bicyclic) bond motifs is 1. The predicted octanol–water partition coefficient (Wildman–Crippen LogP) is 3.09. The molecule has 0 spiro atoms. The van der Waals surface area contributed by atoms with E-state index in [9.17, 15) is 9.18 Å². The van der Waals surface area contributed by atoms with Crippen molar-refractivity contribution in [3.05, 3.63) is 58.3 Å². The molecule has 0 saturated heterocycles. The van der Waals surface area contributed by atoms with Gasteiger partial charge >= 0.3 is 0 Å². The Hall–Kier alpha value is -2.69. The molecule has 3 aromatic rings. The quantitative estimate of drug-likeness (QED) is 0.790. The minimum atomic E-state index is -0.306. The first kappa shape index (κ1) is 14.3. The molecule has 3 rings (SSSR count). The van der Waals surface area contributed by atoms with E-state index in [0.717, 1.165) is 22.0 Å². The molecule has 112 valence electrons. The first-order chi connectivity index (χ1) is 10.5. The molecule has 0 atom stereocenters. The van der Waals surface area contributed by atoms with E-state index in [-0.39, 0.29) is 11.4 Å². The lowest BCUT2D eigenvalue weighted by molar-refractivity contribution is 0.627. The van der Waals surface area contributed by atoms with Gasteiger partial charge < -0.3 is 9.88 Å². The van der Waals surface area contributed by atoms with Crippen molar-refractivity contribution in [2.45, 2.75) is 6.92 Å². The molecule has 0 bridgehead atoms. The molecule has 1 N–H and O–H groups in total. The van der Waals surface area contributed by atoms with Crippen LogP contribution in [0, 0.1) is 12.7 Å². The number of rotatable bonds is 2. The monoisotopic (exact) mass is 297 g/mol. The van der Waals surface area contributed by atoms with Crippen LogP contribution >= 0.6 is 0 Å². The van der Waals surface area contributed by atoms with Crippen molar-refractivity contribution >= 4 is 16.7 Å². The molecule has 0 fully saturated rings. The van der Waals surface area contributed by atoms with Crippen molar-refractivity contribution in [3.8, 4) is 11.1 Å². The van der Waals surface area contributed by atoms with Crippen molar-refractivity contribution in [3.63, 3.8) is 0 Å². The van der Waals surface area contributed by atoms with Crippen LogP contribution < -0.4 is 10.9 Å². The van der Waals surface area contributed by atoms with Crippen LogP contribution in [0.4, 0.5) is 10.2 Å². The van der Waals surface area contributed by atoms with Crippen molar-refractivity contribution in [1.82, 2.24) is 9.55 Å². The molecule has 0 amide bonds. The SMILES string of the molecule is CNc1cc2c(cn1)cc(-c1ccc(F)cc1C)c(=O)n2C. The topological polar surface area (TPSA) is 46.9 Å². The second-order valence-corrected chi connectivity index (χ2v) is 5.26. The predicted molar refractivity (Wildman–Crippen MR) is 86.7 cm³/mol. The molecule has 1 aromatic carbocycles. The van der Waals surface area contributed by atoms with E-state index in [2.05, 4.69) is 10.3 Å². The van der Waals surface area contributed by atoms with E-state index in [1.807, 2.05) is 12.1 Å². The van der Waals surface area contributed by atoms with Gasteiger partial charge in [0.15, 0.2) is 0 Å². The first-order valence-corrected chi connectivity index (χ1v) is 6.95. The van der Waals surface area contributed by atoms with Crippen LogP contribution in [0.1, 0.15) is 5.56 Å². The summed E-state index contributed by atoms with van der Waals surface area (Å²) in [5.41, 5.74) is 2.70. The van der Waals surface area contributed by atoms with Gasteiger partial charge in [0, 0.05) is 37.3 Å². The molecule has 0 aliphatic heterocycles. The highest BCUT2D eigenvalue weighted by molar-refractivity contribution is 5.85. The maximum Gasteiger partial charge on any atom is 0.258 e. The molecule has 5 heteroatoms. The highest BCUT2D eigenvalue weighted by Crippen LogP contribution is 2.24. The van der Waals surface area contributed by atoms with Crippen LogP contribution in [0.5, 0.6) is 0 Å². The fraction of sp³-hybridized carbons (Fsp3) is 0.176. The molecule has 0 radical (unpaired) electrons. The van der Waals surface area contributed by atoms with Crippen LogP contribution in [-0.4, -0.2) is 16.6 Å². The zero-order valence-electron chi connectivity index (χ0n) is 12.6. The van der Waals surface area contributed by atoms with Gasteiger partial charge in [0.2, 0.25) is 0 Å². The summed E-state index contributed by atoms with van der Waals surface area (Å²) in [7, 11) is 3.51. The maximum atomic E-state index is 13.3. The van der Waals surface area contributed by atoms with Crippen LogP contribution in [0.3, 0.4) is 0 Å². The second kappa shape index (κ2) is 5.26. The summed E-state index contributed by atoms with van der Waals surface area (Å²) < 4.78 is 14.9. The Morgan fingerprint density at radius 2 is 1.95 bits per heavy atom. The average Bonchev–Trinajstić information content (AvgIpc) is 2.51. The zero-order valence-corrected chi connectivity index (χ0v) is 12.6. The number of pyridine rings is 2. The van der Waals surface area contributed by atoms with Gasteiger partial charge in [-0.15, -0.1) is 0 Å². The normalized spacial score (nSPS) is 10.9. The van der Waals surface area contributed by atoms with Crippen molar-refractivity contribution in [2.24, 2.45) is 7.05 Å². The fourth-order valence-corrected chi connectivity index (χ4v) is 2.62. The Bertz CT molecular complexity index is 931. The molecular weight excluding hydrogens is 281 g/mol. The number of nitrogens with zero attached hydrogens (tertiary/aromatic N) is 2. The van der Waals surface area contributed by atoms with Crippen LogP contribution in [0.15, 0.2) is 41.3 Å². The van der Waals surface area contributed by atoms with Gasteiger partial charge in [-0.2, -0.15) is 0 Å². The highest BCUT2D eigenvalue weighted by Gasteiger charge is 2.12. The molecule has 0 unspecified atom stereocenters. The largest absolute Gasteiger partial charge is 0.373 e. The summed E-state index contributed by atoms with van der Waals surface area (Å²) in [5, 5.41) is 3.82. The Labute approximate surface area is 127 Å². The Morgan fingerprint density at radius 1 is 1.18 bits per heavy atom. The zero-order chi connectivity index (χ0) is 15.9. The standard InChI is InChI=1S/C17H16FN3O/c1-10-6-12(18)4-5-13(10)14-7-11-9-20-16(19-2)8-15(11)21(3)17(14)22/h4-9H,1-3H3,(H,19,20). The smallest absolute Gasteiger partial charge is 0.258 e. The minimum absolute atomic E-state index is 0.115. The van der Waals surface area contributed by atoms with E-state index in [0.29, 0.717) is 11.4 Å². The van der Waals surface area contributed by atoms with Crippen LogP contribution in [0.2, 0.25) is 0 Å². The Balaban J connectivity index is 2.32. The van der Waals surface area contributed by atoms with Gasteiger partial charge in [0.1, 0.15) is 11.6 Å². The third-order valence-electron chi connectivity index (χ3n) is 3.84. The molecule has 0 aliphatic rings. The van der Waals surface area contributed by atoms with Crippen molar-refractivity contribution in [2.75, 3.05) is 12.4 Å². The molecule has 2 heterocycles. The summed E-state index contributed by atoms with van der Waals surface area (Å²) in [5.74, 6) is 0.396. The summed E-state index contributed by atoms with van der Waals surface area (Å²) in [4.78, 5) is 16.9. The third-order valence-corrected chi connectivity index (χ3v) is 3.84. The summed E-state index contributed by atoms with van der Waals surface area (Å²) in [6, 6.07) is 8.08. The lowest BCUT2D eigenvalue weighted by Gasteiger charge is -2.11. The second-order valence-electron chi connectivity index (χ2n) is 5.26. The van der Waals surface area contributed by atoms with E-state index < -0.39 is 0 Å². The van der Waals surface area contributed by atoms with E-state index in [4.69, 9.17) is 0 Å². The summed E-state index contributed by atoms with van der Waals surface area (Å²) in [6.45, 7) is 1.80. The van der Waals surface area contributed by atoms with Crippen molar-refractivity contribution < 1.29 is 4.39 Å². The van der Waals surface area contributed by atoms with Crippen LogP contribution in [-0.2, 0) is 7.05 Å². The van der Waals surface area contributed by atoms with Gasteiger partial charge in [-0.3, -0.25) is 4.79 Å². The number of halogens is 1. The number of nitrogens with one attached hydrogen (secondary N) is 1. The molecule has 0 aliphatic carbocycles. The van der Waals surface area contributed by atoms with E-state index in [1.165, 1.54) is 12.1 Å². The molecule has 0 saturated carbocycles. The van der Waals surface area contributed by atoms with Crippen LogP contribution in [0.25, 0.3) is 22.0 Å². The third kappa shape index (κ3) is 2.24. The molecule has 22 heavy (non-hydrogen) atoms. The fourth-order valence-electron chi connectivity index (χ4n) is 2.62. The molecule has 4 nitrogen and oxygen atoms in total. The number of anilines is 1. The van der Waals surface area contributed by atoms with Gasteiger partial charge in [-0.1, -0.05) is 6.07 Å². The number of aryl methyl sites for hydroxylation is 2. The van der Waals surface area contributed by atoms with E-state index in [1.54, 1.807) is 37.8 Å². The highest BCUT2D eigenvalue weighted by atomic mass is 19.1. The minimum Gasteiger partial charge on any atom is -0.373 e. The Kier molecular flexibility index (Phi) is 3.41. The van der Waals surface area contributed by atoms with Gasteiger partial charge in [0.05, 0.1) is 5.52 Å². The van der Waals surface area contributed by atoms with Gasteiger partial charge in [-0.25, -0.2) is 9.37 Å².